The van der Waals surface area contributed by atoms with E-state index in [0.29, 0.717) is 38.4 Å². The summed E-state index contributed by atoms with van der Waals surface area (Å²) >= 11 is 0. The maximum Gasteiger partial charge on any atom is 0.232 e. The van der Waals surface area contributed by atoms with Crippen LogP contribution in [0.15, 0.2) is 18.6 Å². The SMILES string of the molecule is CCCS(=O)(=O)N1CC2(CC(Oc3cnccn3)CCO2)C1. The van der Waals surface area contributed by atoms with Crippen molar-refractivity contribution < 1.29 is 17.9 Å². The number of nitrogens with zero attached hydrogens (tertiary/aromatic N) is 3. The maximum atomic E-state index is 12.0. The molecule has 0 aliphatic carbocycles. The second-order valence-corrected chi connectivity index (χ2v) is 7.98. The van der Waals surface area contributed by atoms with Crippen molar-refractivity contribution >= 4 is 10.0 Å². The van der Waals surface area contributed by atoms with E-state index in [-0.39, 0.29) is 11.9 Å². The lowest BCUT2D eigenvalue weighted by Crippen LogP contribution is -2.67. The third-order valence-electron chi connectivity index (χ3n) is 4.06. The van der Waals surface area contributed by atoms with Gasteiger partial charge in [-0.1, -0.05) is 6.92 Å². The van der Waals surface area contributed by atoms with Crippen LogP contribution >= 0.6 is 0 Å². The Balaban J connectivity index is 1.58. The molecular formula is C14H21N3O4S. The molecule has 2 fully saturated rings. The van der Waals surface area contributed by atoms with E-state index < -0.39 is 15.6 Å². The molecule has 1 unspecified atom stereocenters. The van der Waals surface area contributed by atoms with E-state index in [4.69, 9.17) is 9.47 Å². The summed E-state index contributed by atoms with van der Waals surface area (Å²) in [5.74, 6) is 0.696. The number of sulfonamides is 1. The lowest BCUT2D eigenvalue weighted by atomic mass is 9.86. The summed E-state index contributed by atoms with van der Waals surface area (Å²) < 4.78 is 37.3. The van der Waals surface area contributed by atoms with Gasteiger partial charge in [0.2, 0.25) is 15.9 Å². The van der Waals surface area contributed by atoms with Gasteiger partial charge in [0.25, 0.3) is 0 Å². The van der Waals surface area contributed by atoms with Gasteiger partial charge >= 0.3 is 0 Å². The van der Waals surface area contributed by atoms with Crippen molar-refractivity contribution in [1.29, 1.82) is 0 Å². The zero-order valence-corrected chi connectivity index (χ0v) is 13.5. The number of aromatic nitrogens is 2. The minimum Gasteiger partial charge on any atom is -0.473 e. The lowest BCUT2D eigenvalue weighted by molar-refractivity contribution is -0.165. The molecule has 0 aromatic carbocycles. The van der Waals surface area contributed by atoms with Crippen molar-refractivity contribution in [2.75, 3.05) is 25.4 Å². The number of hydrogen-bond donors (Lipinski definition) is 0. The second kappa shape index (κ2) is 6.10. The van der Waals surface area contributed by atoms with Gasteiger partial charge < -0.3 is 9.47 Å². The zero-order valence-electron chi connectivity index (χ0n) is 12.6. The van der Waals surface area contributed by atoms with E-state index in [2.05, 4.69) is 9.97 Å². The molecule has 2 aliphatic heterocycles. The molecule has 0 bridgehead atoms. The number of hydrogen-bond acceptors (Lipinski definition) is 6. The standard InChI is InChI=1S/C14H21N3O4S/c1-2-7-22(18,19)17-10-14(11-17)8-12(3-6-20-14)21-13-9-15-4-5-16-13/h4-5,9,12H,2-3,6-8,10-11H2,1H3. The Hall–Kier alpha value is -1.25. The van der Waals surface area contributed by atoms with Crippen LogP contribution in [-0.4, -0.2) is 59.8 Å². The third kappa shape index (κ3) is 3.23. The first-order valence-corrected chi connectivity index (χ1v) is 9.18. The molecule has 3 heterocycles. The topological polar surface area (TPSA) is 81.6 Å². The zero-order chi connectivity index (χ0) is 15.6. The molecule has 1 aromatic rings. The molecule has 22 heavy (non-hydrogen) atoms. The fraction of sp³-hybridized carbons (Fsp3) is 0.714. The first-order chi connectivity index (χ1) is 10.5. The predicted molar refractivity (Wildman–Crippen MR) is 80.0 cm³/mol. The summed E-state index contributed by atoms with van der Waals surface area (Å²) in [5.41, 5.74) is -0.397. The Bertz CT molecular complexity index is 602. The number of ether oxygens (including phenoxy) is 2. The lowest BCUT2D eigenvalue weighted by Gasteiger charge is -2.51. The highest BCUT2D eigenvalue weighted by Gasteiger charge is 2.51. The van der Waals surface area contributed by atoms with Crippen LogP contribution in [0.1, 0.15) is 26.2 Å². The van der Waals surface area contributed by atoms with Gasteiger partial charge in [0.05, 0.1) is 24.2 Å². The molecule has 0 N–H and O–H groups in total. The fourth-order valence-corrected chi connectivity index (χ4v) is 4.64. The largest absolute Gasteiger partial charge is 0.473 e. The molecule has 0 amide bonds. The first-order valence-electron chi connectivity index (χ1n) is 7.57. The monoisotopic (exact) mass is 327 g/mol. The molecule has 2 saturated heterocycles. The third-order valence-corrected chi connectivity index (χ3v) is 6.03. The Morgan fingerprint density at radius 3 is 2.95 bits per heavy atom. The first kappa shape index (κ1) is 15.6. The van der Waals surface area contributed by atoms with Crippen molar-refractivity contribution in [3.63, 3.8) is 0 Å². The highest BCUT2D eigenvalue weighted by molar-refractivity contribution is 7.89. The quantitative estimate of drug-likeness (QED) is 0.797. The normalized spacial score (nSPS) is 24.9. The van der Waals surface area contributed by atoms with Crippen LogP contribution in [-0.2, 0) is 14.8 Å². The summed E-state index contributed by atoms with van der Waals surface area (Å²) in [5, 5.41) is 0. The summed E-state index contributed by atoms with van der Waals surface area (Å²) in [6.07, 6.45) is 6.85. The molecule has 3 rings (SSSR count). The van der Waals surface area contributed by atoms with Crippen LogP contribution in [0.4, 0.5) is 0 Å². The van der Waals surface area contributed by atoms with E-state index in [1.54, 1.807) is 18.6 Å². The maximum absolute atomic E-state index is 12.0. The molecule has 1 spiro atoms. The molecule has 122 valence electrons. The summed E-state index contributed by atoms with van der Waals surface area (Å²) in [4.78, 5) is 8.09. The average molecular weight is 327 g/mol. The van der Waals surface area contributed by atoms with Gasteiger partial charge in [-0.3, -0.25) is 4.98 Å². The summed E-state index contributed by atoms with van der Waals surface area (Å²) in [6.45, 7) is 3.30. The highest BCUT2D eigenvalue weighted by Crippen LogP contribution is 2.37. The molecular weight excluding hydrogens is 306 g/mol. The number of rotatable bonds is 5. The minimum absolute atomic E-state index is 0.0125. The Labute approximate surface area is 130 Å². The molecule has 7 nitrogen and oxygen atoms in total. The van der Waals surface area contributed by atoms with Crippen LogP contribution in [0.2, 0.25) is 0 Å². The van der Waals surface area contributed by atoms with Gasteiger partial charge in [0.15, 0.2) is 0 Å². The van der Waals surface area contributed by atoms with E-state index in [9.17, 15) is 8.42 Å². The average Bonchev–Trinajstić information content (AvgIpc) is 2.46. The van der Waals surface area contributed by atoms with E-state index in [1.165, 1.54) is 4.31 Å². The van der Waals surface area contributed by atoms with E-state index in [0.717, 1.165) is 6.42 Å². The van der Waals surface area contributed by atoms with Gasteiger partial charge in [0, 0.05) is 38.3 Å². The van der Waals surface area contributed by atoms with Crippen LogP contribution in [0.25, 0.3) is 0 Å². The predicted octanol–water partition coefficient (Wildman–Crippen LogP) is 0.829. The minimum atomic E-state index is -3.14. The van der Waals surface area contributed by atoms with Crippen LogP contribution < -0.4 is 4.74 Å². The van der Waals surface area contributed by atoms with Crippen LogP contribution in [0, 0.1) is 0 Å². The van der Waals surface area contributed by atoms with Crippen molar-refractivity contribution in [3.8, 4) is 5.88 Å². The van der Waals surface area contributed by atoms with Crippen molar-refractivity contribution in [2.45, 2.75) is 37.9 Å². The summed E-state index contributed by atoms with van der Waals surface area (Å²) in [7, 11) is -3.14. The van der Waals surface area contributed by atoms with Crippen LogP contribution in [0.3, 0.4) is 0 Å². The van der Waals surface area contributed by atoms with Gasteiger partial charge in [-0.05, 0) is 6.42 Å². The molecule has 1 aromatic heterocycles. The second-order valence-electron chi connectivity index (χ2n) is 5.89. The van der Waals surface area contributed by atoms with Gasteiger partial charge in [0.1, 0.15) is 6.10 Å². The molecule has 2 aliphatic rings. The fourth-order valence-electron chi connectivity index (χ4n) is 3.00. The van der Waals surface area contributed by atoms with Crippen molar-refractivity contribution in [1.82, 2.24) is 14.3 Å². The van der Waals surface area contributed by atoms with Crippen molar-refractivity contribution in [3.05, 3.63) is 18.6 Å². The molecule has 8 heteroatoms. The van der Waals surface area contributed by atoms with Gasteiger partial charge in [-0.25, -0.2) is 13.4 Å². The highest BCUT2D eigenvalue weighted by atomic mass is 32.2. The van der Waals surface area contributed by atoms with Gasteiger partial charge in [-0.15, -0.1) is 0 Å². The molecule has 1 atom stereocenters. The van der Waals surface area contributed by atoms with E-state index in [1.807, 2.05) is 6.92 Å². The molecule has 0 saturated carbocycles. The Morgan fingerprint density at radius 2 is 2.27 bits per heavy atom. The van der Waals surface area contributed by atoms with E-state index >= 15 is 0 Å². The van der Waals surface area contributed by atoms with Crippen LogP contribution in [0.5, 0.6) is 5.88 Å². The van der Waals surface area contributed by atoms with Gasteiger partial charge in [-0.2, -0.15) is 4.31 Å². The molecule has 0 radical (unpaired) electrons. The van der Waals surface area contributed by atoms with Crippen molar-refractivity contribution in [2.24, 2.45) is 0 Å². The summed E-state index contributed by atoms with van der Waals surface area (Å²) in [6, 6.07) is 0. The Kier molecular flexibility index (Phi) is 4.33. The smallest absolute Gasteiger partial charge is 0.232 e. The Morgan fingerprint density at radius 1 is 1.45 bits per heavy atom.